The number of fused-ring (bicyclic) bond motifs is 7. The van der Waals surface area contributed by atoms with Gasteiger partial charge in [0.1, 0.15) is 36.6 Å². The Balaban J connectivity index is 0.845. The van der Waals surface area contributed by atoms with Gasteiger partial charge >= 0.3 is 0 Å². The number of allylic oxidation sites excluding steroid dienone is 1. The van der Waals surface area contributed by atoms with Crippen LogP contribution >= 0.6 is 0 Å². The quantitative estimate of drug-likeness (QED) is 0.0893. The molecule has 26 atom stereocenters. The van der Waals surface area contributed by atoms with Crippen LogP contribution in [-0.2, 0) is 38.2 Å². The minimum Gasteiger partial charge on any atom is -0.396 e. The van der Waals surface area contributed by atoms with Gasteiger partial charge in [-0.25, -0.2) is 9.78 Å². The minimum atomic E-state index is -1.63. The number of aliphatic hydroxyl groups excluding tert-OH is 8. The Kier molecular flexibility index (Phi) is 13.9. The molecule has 4 saturated heterocycles. The van der Waals surface area contributed by atoms with Gasteiger partial charge in [0.25, 0.3) is 0 Å². The molecule has 0 unspecified atom stereocenters. The summed E-state index contributed by atoms with van der Waals surface area (Å²) in [5, 5.41) is 85.4. The molecule has 0 aromatic carbocycles. The number of aliphatic hydroxyl groups is 8. The lowest BCUT2D eigenvalue weighted by atomic mass is 9.47. The van der Waals surface area contributed by atoms with Crippen LogP contribution < -0.4 is 0 Å². The summed E-state index contributed by atoms with van der Waals surface area (Å²) in [6, 6.07) is 0. The summed E-state index contributed by atoms with van der Waals surface area (Å²) >= 11 is 0. The normalized spacial score (nSPS) is 56.2. The first-order chi connectivity index (χ1) is 30.4. The predicted octanol–water partition coefficient (Wildman–Crippen LogP) is 2.33. The molecule has 16 heteroatoms. The first kappa shape index (κ1) is 48.1. The predicted molar refractivity (Wildman–Crippen MR) is 226 cm³/mol. The van der Waals surface area contributed by atoms with Crippen molar-refractivity contribution in [3.05, 3.63) is 11.6 Å². The van der Waals surface area contributed by atoms with E-state index in [1.807, 2.05) is 0 Å². The van der Waals surface area contributed by atoms with Crippen molar-refractivity contribution in [2.45, 2.75) is 197 Å². The molecule has 9 rings (SSSR count). The first-order valence-corrected chi connectivity index (χ1v) is 24.7. The second-order valence-corrected chi connectivity index (χ2v) is 22.4. The van der Waals surface area contributed by atoms with Gasteiger partial charge < -0.3 is 69.3 Å². The lowest BCUT2D eigenvalue weighted by molar-refractivity contribution is -0.348. The van der Waals surface area contributed by atoms with Gasteiger partial charge in [-0.15, -0.1) is 0 Å². The van der Waals surface area contributed by atoms with Gasteiger partial charge in [-0.05, 0) is 118 Å². The Morgan fingerprint density at radius 2 is 1.44 bits per heavy atom. The summed E-state index contributed by atoms with van der Waals surface area (Å²) in [5.41, 5.74) is 1.79. The van der Waals surface area contributed by atoms with Crippen molar-refractivity contribution in [2.24, 2.45) is 64.1 Å². The molecular weight excluding hydrogens is 833 g/mol. The third-order valence-corrected chi connectivity index (χ3v) is 18.9. The third-order valence-electron chi connectivity index (χ3n) is 18.9. The highest BCUT2D eigenvalue weighted by Crippen LogP contribution is 2.70. The lowest BCUT2D eigenvalue weighted by Gasteiger charge is -2.58. The molecule has 4 aliphatic heterocycles. The van der Waals surface area contributed by atoms with E-state index in [0.717, 1.165) is 45.1 Å². The fraction of sp³-hybridized carbons (Fsp3) is 0.958. The van der Waals surface area contributed by atoms with E-state index in [-0.39, 0.29) is 49.3 Å². The monoisotopic (exact) mass is 911 g/mol. The lowest BCUT2D eigenvalue weighted by Crippen LogP contribution is -2.61. The molecule has 1 spiro atoms. The highest BCUT2D eigenvalue weighted by atomic mass is 17.2. The van der Waals surface area contributed by atoms with Crippen LogP contribution in [0.25, 0.3) is 0 Å². The molecule has 64 heavy (non-hydrogen) atoms. The number of rotatable bonds is 10. The van der Waals surface area contributed by atoms with E-state index in [1.54, 1.807) is 6.92 Å². The molecular formula is C48H78O16. The summed E-state index contributed by atoms with van der Waals surface area (Å²) in [6.45, 7) is 13.0. The molecule has 8 N–H and O–H groups in total. The minimum absolute atomic E-state index is 0.0383. The number of hydrogen-bond donors (Lipinski definition) is 8. The maximum atomic E-state index is 12.0. The largest absolute Gasteiger partial charge is 0.396 e. The van der Waals surface area contributed by atoms with Gasteiger partial charge in [-0.3, -0.25) is 0 Å². The van der Waals surface area contributed by atoms with Crippen molar-refractivity contribution in [1.82, 2.24) is 0 Å². The smallest absolute Gasteiger partial charge is 0.186 e. The highest BCUT2D eigenvalue weighted by Gasteiger charge is 2.69. The molecule has 4 heterocycles. The molecule has 9 aliphatic rings. The number of hydrogen-bond acceptors (Lipinski definition) is 16. The van der Waals surface area contributed by atoms with Crippen LogP contribution in [0, 0.1) is 64.1 Å². The van der Waals surface area contributed by atoms with Crippen molar-refractivity contribution >= 4 is 0 Å². The van der Waals surface area contributed by atoms with Crippen LogP contribution in [0.15, 0.2) is 11.6 Å². The fourth-order valence-corrected chi connectivity index (χ4v) is 14.9. The van der Waals surface area contributed by atoms with E-state index < -0.39 is 97.2 Å². The average molecular weight is 911 g/mol. The maximum Gasteiger partial charge on any atom is 0.186 e. The third kappa shape index (κ3) is 8.20. The van der Waals surface area contributed by atoms with Crippen LogP contribution in [0.3, 0.4) is 0 Å². The molecule has 366 valence electrons. The van der Waals surface area contributed by atoms with Gasteiger partial charge in [-0.2, -0.15) is 0 Å². The van der Waals surface area contributed by atoms with E-state index in [4.69, 9.17) is 38.2 Å². The Bertz CT molecular complexity index is 1640. The Morgan fingerprint density at radius 3 is 2.12 bits per heavy atom. The van der Waals surface area contributed by atoms with E-state index in [1.165, 1.54) is 31.8 Å². The van der Waals surface area contributed by atoms with Crippen molar-refractivity contribution < 1.29 is 79.0 Å². The van der Waals surface area contributed by atoms with Crippen LogP contribution in [0.5, 0.6) is 0 Å². The zero-order valence-corrected chi connectivity index (χ0v) is 38.6. The van der Waals surface area contributed by atoms with Crippen molar-refractivity contribution in [3.63, 3.8) is 0 Å². The fourth-order valence-electron chi connectivity index (χ4n) is 14.9. The van der Waals surface area contributed by atoms with Crippen molar-refractivity contribution in [3.8, 4) is 0 Å². The topological polar surface area (TPSA) is 236 Å². The summed E-state index contributed by atoms with van der Waals surface area (Å²) in [6.07, 6.45) is -3.54. The highest BCUT2D eigenvalue weighted by molar-refractivity contribution is 5.26. The summed E-state index contributed by atoms with van der Waals surface area (Å²) in [7, 11) is 0. The first-order valence-electron chi connectivity index (χ1n) is 24.7. The van der Waals surface area contributed by atoms with Gasteiger partial charge in [0.2, 0.25) is 0 Å². The zero-order chi connectivity index (χ0) is 45.6. The Labute approximate surface area is 377 Å². The second kappa shape index (κ2) is 18.4. The van der Waals surface area contributed by atoms with Gasteiger partial charge in [-0.1, -0.05) is 39.3 Å². The van der Waals surface area contributed by atoms with Crippen LogP contribution in [0.1, 0.15) is 106 Å². The van der Waals surface area contributed by atoms with Gasteiger partial charge in [0, 0.05) is 30.8 Å². The Hall–Kier alpha value is -0.900. The molecule has 5 aliphatic carbocycles. The van der Waals surface area contributed by atoms with E-state index >= 15 is 0 Å². The van der Waals surface area contributed by atoms with Crippen LogP contribution in [0.2, 0.25) is 0 Å². The maximum absolute atomic E-state index is 12.0. The van der Waals surface area contributed by atoms with Crippen LogP contribution in [-0.4, -0.2) is 159 Å². The number of ether oxygens (including phenoxy) is 6. The van der Waals surface area contributed by atoms with E-state index in [9.17, 15) is 40.9 Å². The van der Waals surface area contributed by atoms with Gasteiger partial charge in [0.15, 0.2) is 18.4 Å². The van der Waals surface area contributed by atoms with E-state index in [2.05, 4.69) is 33.8 Å². The van der Waals surface area contributed by atoms with Crippen molar-refractivity contribution in [2.75, 3.05) is 26.4 Å². The zero-order valence-electron chi connectivity index (χ0n) is 38.6. The Morgan fingerprint density at radius 1 is 0.734 bits per heavy atom. The van der Waals surface area contributed by atoms with Gasteiger partial charge in [0.05, 0.1) is 56.4 Å². The summed E-state index contributed by atoms with van der Waals surface area (Å²) in [5.74, 6) is 1.09. The average Bonchev–Trinajstić information content (AvgIpc) is 3.72. The second-order valence-electron chi connectivity index (χ2n) is 22.4. The summed E-state index contributed by atoms with van der Waals surface area (Å²) in [4.78, 5) is 12.3. The molecule has 8 fully saturated rings. The standard InChI is InChI=1S/C48H78O16/c1-22-9-14-48(58-19-22)23(2)35-34(63-48)17-33-30-8-7-28-16-29(10-12-46(28,5)32(30)11-13-47(33,35)6)64-59-20-27-15-26(18-49)43(62-45-42(56)40(54)37(51)25(4)61-45)38(52)31(27)21-57-44-41(55)39(53)36(50)24(3)60-44/h7,22-27,29-45,49-56H,8-21H2,1-6H3/t22-,23+,24-,25-,26+,27-,29+,30-,31-,32+,33-,34-,35-,36+,37+,38+,39-,40-,41+,42+,43+,44+,45-,46+,47+,48-/m1/s1. The molecule has 0 amide bonds. The molecule has 0 bridgehead atoms. The summed E-state index contributed by atoms with van der Waals surface area (Å²) < 4.78 is 37.0. The SMILES string of the molecule is C[C@@H]1CC[C@@]2(OC1)O[C@@H]1C[C@@H]3[C@@H]4CC=C5C[C@@H](OOC[C@H]6C[C@@H](CO)[C@H](O[C@H]7O[C@H](C)[C@H](O)[C@@H](O)[C@@H]7O)[C@@H](O)[C@@H]6CO[C@H]6O[C@H](C)[C@H](O)[C@@H](O)[C@@H]6O)CC[C@]5(C)[C@H]4CC[C@]3(C)[C@@H]1[C@@H]2C. The molecule has 0 aromatic rings. The molecule has 0 radical (unpaired) electrons. The van der Waals surface area contributed by atoms with E-state index in [0.29, 0.717) is 35.5 Å². The van der Waals surface area contributed by atoms with Crippen LogP contribution in [0.4, 0.5) is 0 Å². The molecule has 16 nitrogen and oxygen atoms in total. The van der Waals surface area contributed by atoms with Crippen molar-refractivity contribution in [1.29, 1.82) is 0 Å². The molecule has 4 saturated carbocycles. The molecule has 0 aromatic heterocycles.